The highest BCUT2D eigenvalue weighted by atomic mass is 32.1. The van der Waals surface area contributed by atoms with E-state index in [4.69, 9.17) is 0 Å². The molecule has 2 aromatic rings. The summed E-state index contributed by atoms with van der Waals surface area (Å²) in [6.07, 6.45) is 3.46. The van der Waals surface area contributed by atoms with Gasteiger partial charge in [-0.25, -0.2) is 4.98 Å². The maximum atomic E-state index is 13.5. The number of hydrogen-bond donors (Lipinski definition) is 0. The van der Waals surface area contributed by atoms with Crippen molar-refractivity contribution in [2.75, 3.05) is 6.54 Å². The summed E-state index contributed by atoms with van der Waals surface area (Å²) < 4.78 is 0. The number of aromatic nitrogens is 1. The quantitative estimate of drug-likeness (QED) is 0.667. The third-order valence-electron chi connectivity index (χ3n) is 6.41. The first-order valence-corrected chi connectivity index (χ1v) is 10.6. The molecule has 1 saturated heterocycles. The Balaban J connectivity index is 1.96. The molecule has 140 valence electrons. The first kappa shape index (κ1) is 19.1. The molecule has 0 bridgehead atoms. The van der Waals surface area contributed by atoms with Crippen LogP contribution in [-0.4, -0.2) is 28.4 Å². The molecule has 0 aliphatic carbocycles. The van der Waals surface area contributed by atoms with Crippen LogP contribution in [-0.2, 0) is 0 Å². The summed E-state index contributed by atoms with van der Waals surface area (Å²) in [5.74, 6) is 0.728. The normalized spacial score (nSPS) is 25.7. The molecular formula is C22H30N2OS. The number of aryl methyl sites for hydroxylation is 1. The molecular weight excluding hydrogens is 340 g/mol. The number of carbonyl (C=O) groups is 1. The van der Waals surface area contributed by atoms with E-state index in [2.05, 4.69) is 37.6 Å². The van der Waals surface area contributed by atoms with E-state index >= 15 is 0 Å². The molecule has 0 radical (unpaired) electrons. The number of hydrogen-bond acceptors (Lipinski definition) is 3. The van der Waals surface area contributed by atoms with Crippen molar-refractivity contribution in [2.45, 2.75) is 59.9 Å². The number of rotatable bonds is 5. The lowest BCUT2D eigenvalue weighted by atomic mass is 9.71. The highest BCUT2D eigenvalue weighted by Crippen LogP contribution is 2.47. The molecule has 1 aromatic heterocycles. The molecule has 1 amide bonds. The lowest BCUT2D eigenvalue weighted by Crippen LogP contribution is -2.39. The molecule has 4 heteroatoms. The van der Waals surface area contributed by atoms with Crippen LogP contribution in [0.15, 0.2) is 30.3 Å². The van der Waals surface area contributed by atoms with Gasteiger partial charge < -0.3 is 4.90 Å². The van der Waals surface area contributed by atoms with E-state index < -0.39 is 0 Å². The number of likely N-dealkylation sites (tertiary alicyclic amines) is 1. The monoisotopic (exact) mass is 370 g/mol. The Morgan fingerprint density at radius 2 is 2.00 bits per heavy atom. The van der Waals surface area contributed by atoms with Crippen LogP contribution in [0.3, 0.4) is 0 Å². The molecule has 1 aliphatic heterocycles. The molecule has 3 nitrogen and oxygen atoms in total. The summed E-state index contributed by atoms with van der Waals surface area (Å²) in [7, 11) is 0. The van der Waals surface area contributed by atoms with Crippen molar-refractivity contribution < 1.29 is 4.79 Å². The Morgan fingerprint density at radius 3 is 2.62 bits per heavy atom. The fraction of sp³-hybridized carbons (Fsp3) is 0.545. The summed E-state index contributed by atoms with van der Waals surface area (Å²) in [4.78, 5) is 21.1. The van der Waals surface area contributed by atoms with E-state index in [1.165, 1.54) is 24.2 Å². The minimum Gasteiger partial charge on any atom is -0.334 e. The van der Waals surface area contributed by atoms with Gasteiger partial charge in [0.15, 0.2) is 0 Å². The Labute approximate surface area is 161 Å². The lowest BCUT2D eigenvalue weighted by molar-refractivity contribution is 0.0697. The van der Waals surface area contributed by atoms with E-state index in [1.807, 2.05) is 37.3 Å². The van der Waals surface area contributed by atoms with Crippen molar-refractivity contribution in [1.29, 1.82) is 0 Å². The predicted octanol–water partition coefficient (Wildman–Crippen LogP) is 5.80. The second-order valence-corrected chi connectivity index (χ2v) is 8.96. The third-order valence-corrected chi connectivity index (χ3v) is 7.37. The Morgan fingerprint density at radius 1 is 1.31 bits per heavy atom. The van der Waals surface area contributed by atoms with Crippen molar-refractivity contribution in [3.05, 3.63) is 40.2 Å². The first-order valence-electron chi connectivity index (χ1n) is 9.76. The zero-order valence-electron chi connectivity index (χ0n) is 16.6. The van der Waals surface area contributed by atoms with Gasteiger partial charge in [0.1, 0.15) is 4.88 Å². The highest BCUT2D eigenvalue weighted by Gasteiger charge is 2.49. The largest absolute Gasteiger partial charge is 0.334 e. The zero-order chi connectivity index (χ0) is 18.9. The molecule has 2 heterocycles. The molecule has 1 aromatic carbocycles. The summed E-state index contributed by atoms with van der Waals surface area (Å²) in [5, 5.41) is 0.947. The average molecular weight is 371 g/mol. The Hall–Kier alpha value is -1.68. The number of nitrogens with zero attached hydrogens (tertiary/aromatic N) is 2. The van der Waals surface area contributed by atoms with E-state index in [9.17, 15) is 4.79 Å². The van der Waals surface area contributed by atoms with Gasteiger partial charge in [-0.05, 0) is 38.0 Å². The van der Waals surface area contributed by atoms with Gasteiger partial charge in [0, 0.05) is 18.2 Å². The molecule has 0 N–H and O–H groups in total. The molecule has 0 spiro atoms. The number of thiazole rings is 1. The van der Waals surface area contributed by atoms with Crippen molar-refractivity contribution in [3.8, 4) is 11.3 Å². The minimum atomic E-state index is 0.153. The first-order chi connectivity index (χ1) is 12.4. The highest BCUT2D eigenvalue weighted by molar-refractivity contribution is 7.14. The second kappa shape index (κ2) is 7.51. The van der Waals surface area contributed by atoms with Gasteiger partial charge in [-0.15, -0.1) is 11.3 Å². The van der Waals surface area contributed by atoms with Gasteiger partial charge in [-0.3, -0.25) is 4.79 Å². The van der Waals surface area contributed by atoms with Crippen LogP contribution in [0.25, 0.3) is 11.3 Å². The van der Waals surface area contributed by atoms with Crippen molar-refractivity contribution in [2.24, 2.45) is 11.3 Å². The summed E-state index contributed by atoms with van der Waals surface area (Å²) in [6.45, 7) is 11.9. The lowest BCUT2D eigenvalue weighted by Gasteiger charge is -2.34. The topological polar surface area (TPSA) is 33.2 Å². The molecule has 3 atom stereocenters. The zero-order valence-corrected chi connectivity index (χ0v) is 17.4. The van der Waals surface area contributed by atoms with Gasteiger partial charge in [0.05, 0.1) is 10.7 Å². The maximum Gasteiger partial charge on any atom is 0.266 e. The van der Waals surface area contributed by atoms with Crippen LogP contribution < -0.4 is 0 Å². The maximum absolute atomic E-state index is 13.5. The van der Waals surface area contributed by atoms with Gasteiger partial charge in [-0.1, -0.05) is 57.5 Å². The van der Waals surface area contributed by atoms with Crippen LogP contribution in [0.4, 0.5) is 0 Å². The fourth-order valence-electron chi connectivity index (χ4n) is 4.41. The Bertz CT molecular complexity index is 770. The number of carbonyl (C=O) groups excluding carboxylic acids is 1. The summed E-state index contributed by atoms with van der Waals surface area (Å²) in [5.41, 5.74) is 2.05. The van der Waals surface area contributed by atoms with E-state index in [-0.39, 0.29) is 17.4 Å². The SMILES string of the molecule is CCCC1CN(C(=O)c2sc(C)nc2-c2ccccc2)C(C)C1(C)CC. The number of amides is 1. The molecule has 0 saturated carbocycles. The third kappa shape index (κ3) is 3.20. The number of benzene rings is 1. The second-order valence-electron chi connectivity index (χ2n) is 7.76. The predicted molar refractivity (Wildman–Crippen MR) is 110 cm³/mol. The van der Waals surface area contributed by atoms with E-state index in [0.29, 0.717) is 5.92 Å². The van der Waals surface area contributed by atoms with Gasteiger partial charge in [-0.2, -0.15) is 0 Å². The summed E-state index contributed by atoms with van der Waals surface area (Å²) in [6, 6.07) is 10.3. The van der Waals surface area contributed by atoms with Crippen molar-refractivity contribution in [3.63, 3.8) is 0 Å². The minimum absolute atomic E-state index is 0.153. The van der Waals surface area contributed by atoms with Crippen LogP contribution in [0.1, 0.15) is 61.6 Å². The van der Waals surface area contributed by atoms with E-state index in [1.54, 1.807) is 0 Å². The molecule has 26 heavy (non-hydrogen) atoms. The van der Waals surface area contributed by atoms with Crippen LogP contribution >= 0.6 is 11.3 Å². The smallest absolute Gasteiger partial charge is 0.266 e. The molecule has 3 unspecified atom stereocenters. The molecule has 1 fully saturated rings. The van der Waals surface area contributed by atoms with Crippen molar-refractivity contribution >= 4 is 17.2 Å². The fourth-order valence-corrected chi connectivity index (χ4v) is 5.30. The standard InChI is InChI=1S/C22H30N2OS/c1-6-11-18-14-24(15(3)22(18,5)7-2)21(25)20-19(23-16(4)26-20)17-12-9-8-10-13-17/h8-10,12-13,15,18H,6-7,11,14H2,1-5H3. The van der Waals surface area contributed by atoms with E-state index in [0.717, 1.165) is 34.1 Å². The van der Waals surface area contributed by atoms with Gasteiger partial charge in [0.25, 0.3) is 5.91 Å². The van der Waals surface area contributed by atoms with Crippen molar-refractivity contribution in [1.82, 2.24) is 9.88 Å². The van der Waals surface area contributed by atoms with Gasteiger partial charge >= 0.3 is 0 Å². The van der Waals surface area contributed by atoms with Gasteiger partial charge in [0.2, 0.25) is 0 Å². The molecule has 1 aliphatic rings. The Kier molecular flexibility index (Phi) is 5.52. The van der Waals surface area contributed by atoms with Crippen LogP contribution in [0.5, 0.6) is 0 Å². The average Bonchev–Trinajstić information content (AvgIpc) is 3.16. The molecule has 3 rings (SSSR count). The van der Waals surface area contributed by atoms with Crippen LogP contribution in [0.2, 0.25) is 0 Å². The summed E-state index contributed by atoms with van der Waals surface area (Å²) >= 11 is 1.53. The van der Waals surface area contributed by atoms with Crippen LogP contribution in [0, 0.1) is 18.3 Å².